The zero-order valence-corrected chi connectivity index (χ0v) is 27.1. The third-order valence-electron chi connectivity index (χ3n) is 9.76. The maximum Gasteiger partial charge on any atom is 0.338 e. The molecule has 6 atom stereocenters. The van der Waals surface area contributed by atoms with Gasteiger partial charge in [0.15, 0.2) is 11.5 Å². The van der Waals surface area contributed by atoms with E-state index in [2.05, 4.69) is 16.0 Å². The summed E-state index contributed by atoms with van der Waals surface area (Å²) >= 11 is 0. The summed E-state index contributed by atoms with van der Waals surface area (Å²) in [5, 5.41) is 1.21. The predicted octanol–water partition coefficient (Wildman–Crippen LogP) is 3.99. The second-order valence-corrected chi connectivity index (χ2v) is 11.7. The molecule has 1 aromatic heterocycles. The van der Waals surface area contributed by atoms with E-state index >= 15 is 0 Å². The number of carbonyl (C=O) groups excluding carboxylic acids is 3. The zero-order chi connectivity index (χ0) is 33.1. The van der Waals surface area contributed by atoms with Crippen LogP contribution in [0, 0.1) is 17.8 Å². The van der Waals surface area contributed by atoms with Crippen LogP contribution in [0.4, 0.5) is 0 Å². The van der Waals surface area contributed by atoms with Gasteiger partial charge >= 0.3 is 11.9 Å². The van der Waals surface area contributed by atoms with Gasteiger partial charge in [-0.1, -0.05) is 0 Å². The van der Waals surface area contributed by atoms with Crippen molar-refractivity contribution in [3.05, 3.63) is 47.2 Å². The molecule has 6 rings (SSSR count). The van der Waals surface area contributed by atoms with Gasteiger partial charge in [-0.3, -0.25) is 9.69 Å². The van der Waals surface area contributed by atoms with Crippen LogP contribution in [-0.2, 0) is 30.2 Å². The first kappa shape index (κ1) is 33.1. The average molecular weight is 639 g/mol. The fourth-order valence-corrected chi connectivity index (χ4v) is 7.76. The predicted molar refractivity (Wildman–Crippen MR) is 168 cm³/mol. The summed E-state index contributed by atoms with van der Waals surface area (Å²) in [6.07, 6.45) is 0.920. The number of H-pyrrole nitrogens is 1. The summed E-state index contributed by atoms with van der Waals surface area (Å²) in [7, 11) is 9.10. The molecule has 46 heavy (non-hydrogen) atoms. The summed E-state index contributed by atoms with van der Waals surface area (Å²) in [5.41, 5.74) is 3.83. The molecule has 2 aromatic carbocycles. The lowest BCUT2D eigenvalue weighted by Crippen LogP contribution is -2.58. The number of esters is 2. The number of hydrogen-bond donors (Lipinski definition) is 1. The Morgan fingerprint density at radius 1 is 0.913 bits per heavy atom. The topological polar surface area (TPSA) is 135 Å². The Balaban J connectivity index is 0.00000204. The highest BCUT2D eigenvalue weighted by molar-refractivity contribution is 5.91. The molecular weight excluding hydrogens is 596 g/mol. The van der Waals surface area contributed by atoms with E-state index in [1.54, 1.807) is 26.4 Å². The van der Waals surface area contributed by atoms with Crippen molar-refractivity contribution in [2.24, 2.45) is 17.8 Å². The lowest BCUT2D eigenvalue weighted by Gasteiger charge is -2.52. The molecule has 0 bridgehead atoms. The van der Waals surface area contributed by atoms with Crippen LogP contribution in [0.3, 0.4) is 0 Å². The number of methoxy groups -OCH3 is 6. The molecule has 0 spiro atoms. The third-order valence-corrected chi connectivity index (χ3v) is 9.76. The number of ether oxygens (including phenoxy) is 7. The maximum absolute atomic E-state index is 13.5. The van der Waals surface area contributed by atoms with Gasteiger partial charge in [0.1, 0.15) is 24.7 Å². The minimum Gasteiger partial charge on any atom is -0.497 e. The monoisotopic (exact) mass is 638 g/mol. The second-order valence-electron chi connectivity index (χ2n) is 11.7. The van der Waals surface area contributed by atoms with Gasteiger partial charge in [0.2, 0.25) is 5.75 Å². The van der Waals surface area contributed by atoms with Crippen LogP contribution in [0.2, 0.25) is 0 Å². The Morgan fingerprint density at radius 3 is 2.24 bits per heavy atom. The van der Waals surface area contributed by atoms with Gasteiger partial charge in [0.25, 0.3) is 0 Å². The van der Waals surface area contributed by atoms with E-state index in [9.17, 15) is 9.59 Å². The van der Waals surface area contributed by atoms with E-state index in [0.29, 0.717) is 23.7 Å². The van der Waals surface area contributed by atoms with Crippen molar-refractivity contribution in [2.75, 3.05) is 55.7 Å². The Bertz CT molecular complexity index is 1550. The molecule has 12 heteroatoms. The SMILES string of the molecule is C=O.COC(=O)[C@H]1[C@H]2C[C@@H]3c4[nH]c5cc(OC)ccc5c4CCN3C[C@H]2C[C@@H](OC(=O)c2cc(OC)c(OC)c(OC)c2)[C@@H]1OC. The summed E-state index contributed by atoms with van der Waals surface area (Å²) in [5.74, 6) is 0.441. The summed E-state index contributed by atoms with van der Waals surface area (Å²) in [6.45, 7) is 3.68. The lowest BCUT2D eigenvalue weighted by atomic mass is 9.63. The number of fused-ring (bicyclic) bond motifs is 6. The fourth-order valence-electron chi connectivity index (χ4n) is 7.76. The van der Waals surface area contributed by atoms with Gasteiger partial charge in [-0.15, -0.1) is 0 Å². The quantitative estimate of drug-likeness (QED) is 0.359. The first-order valence-electron chi connectivity index (χ1n) is 15.2. The van der Waals surface area contributed by atoms with Gasteiger partial charge in [0, 0.05) is 42.9 Å². The number of piperidine rings is 1. The molecule has 0 radical (unpaired) electrons. The Labute approximate surface area is 268 Å². The normalized spacial score (nSPS) is 25.1. The molecule has 2 aliphatic heterocycles. The standard InChI is InChI=1S/C33H40N2O9.CH2O/c1-38-19-7-8-20-21-9-10-35-16-18-13-27(44-32(36)17-11-25(39-2)30(41-4)26(12-17)40-3)31(42-5)28(33(37)43-6)22(18)15-24(35)29(21)34-23(20)14-19;1-2/h7-8,11-12,14,18,22,24,27-28,31,34H,9-10,13,15-16H2,1-6H3;1H2/t18-,22+,24-,27-,28+,31+;/m1./s1. The van der Waals surface area contributed by atoms with Gasteiger partial charge in [-0.05, 0) is 60.9 Å². The van der Waals surface area contributed by atoms with Crippen LogP contribution >= 0.6 is 0 Å². The van der Waals surface area contributed by atoms with Crippen molar-refractivity contribution in [3.63, 3.8) is 0 Å². The molecule has 3 aliphatic rings. The molecule has 1 saturated heterocycles. The number of carbonyl (C=O) groups is 3. The number of hydrogen-bond acceptors (Lipinski definition) is 11. The molecule has 1 saturated carbocycles. The summed E-state index contributed by atoms with van der Waals surface area (Å²) < 4.78 is 39.1. The third kappa shape index (κ3) is 5.75. The number of nitrogens with zero attached hydrogens (tertiary/aromatic N) is 1. The Morgan fingerprint density at radius 2 is 1.63 bits per heavy atom. The van der Waals surface area contributed by atoms with Crippen LogP contribution in [-0.4, -0.2) is 96.6 Å². The van der Waals surface area contributed by atoms with Crippen molar-refractivity contribution in [2.45, 2.75) is 37.5 Å². The van der Waals surface area contributed by atoms with Crippen molar-refractivity contribution in [1.82, 2.24) is 9.88 Å². The van der Waals surface area contributed by atoms with Crippen LogP contribution in [0.5, 0.6) is 23.0 Å². The zero-order valence-electron chi connectivity index (χ0n) is 27.1. The van der Waals surface area contributed by atoms with Crippen LogP contribution in [0.15, 0.2) is 30.3 Å². The van der Waals surface area contributed by atoms with E-state index in [0.717, 1.165) is 37.2 Å². The summed E-state index contributed by atoms with van der Waals surface area (Å²) in [4.78, 5) is 41.1. The van der Waals surface area contributed by atoms with Crippen LogP contribution in [0.25, 0.3) is 10.9 Å². The van der Waals surface area contributed by atoms with Gasteiger partial charge < -0.3 is 42.9 Å². The largest absolute Gasteiger partial charge is 0.497 e. The molecule has 3 heterocycles. The summed E-state index contributed by atoms with van der Waals surface area (Å²) in [6, 6.07) is 9.40. The molecule has 12 nitrogen and oxygen atoms in total. The molecule has 0 unspecified atom stereocenters. The van der Waals surface area contributed by atoms with Gasteiger partial charge in [-0.2, -0.15) is 0 Å². The van der Waals surface area contributed by atoms with Crippen molar-refractivity contribution >= 4 is 29.6 Å². The maximum atomic E-state index is 13.5. The number of rotatable bonds is 8. The van der Waals surface area contributed by atoms with Crippen LogP contribution < -0.4 is 18.9 Å². The Hall–Kier alpha value is -4.29. The highest BCUT2D eigenvalue weighted by Crippen LogP contribution is 2.51. The fraction of sp³-hybridized carbons (Fsp3) is 0.500. The van der Waals surface area contributed by atoms with E-state index in [1.807, 2.05) is 18.9 Å². The minimum atomic E-state index is -0.670. The molecule has 0 amide bonds. The molecule has 1 N–H and O–H groups in total. The molecule has 248 valence electrons. The van der Waals surface area contributed by atoms with Crippen molar-refractivity contribution in [1.29, 1.82) is 0 Å². The number of aromatic nitrogens is 1. The molecule has 3 aromatic rings. The average Bonchev–Trinajstić information content (AvgIpc) is 3.48. The van der Waals surface area contributed by atoms with Crippen molar-refractivity contribution in [3.8, 4) is 23.0 Å². The van der Waals surface area contributed by atoms with Gasteiger partial charge in [-0.25, -0.2) is 4.79 Å². The molecule has 2 fully saturated rings. The number of aromatic amines is 1. The first-order chi connectivity index (χ1) is 22.3. The lowest BCUT2D eigenvalue weighted by molar-refractivity contribution is -0.176. The van der Waals surface area contributed by atoms with E-state index in [4.69, 9.17) is 38.0 Å². The Kier molecular flexibility index (Phi) is 10.1. The molecule has 1 aliphatic carbocycles. The van der Waals surface area contributed by atoms with Gasteiger partial charge in [0.05, 0.1) is 53.1 Å². The molecular formula is C34H42N2O10. The number of nitrogens with one attached hydrogen (secondary N) is 1. The second kappa shape index (κ2) is 14.0. The smallest absolute Gasteiger partial charge is 0.338 e. The number of benzene rings is 2. The highest BCUT2D eigenvalue weighted by Gasteiger charge is 2.54. The van der Waals surface area contributed by atoms with E-state index in [1.165, 1.54) is 45.1 Å². The highest BCUT2D eigenvalue weighted by atomic mass is 16.6. The van der Waals surface area contributed by atoms with E-state index in [-0.39, 0.29) is 29.4 Å². The minimum absolute atomic E-state index is 0.0170. The van der Waals surface area contributed by atoms with Crippen molar-refractivity contribution < 1.29 is 47.5 Å². The first-order valence-corrected chi connectivity index (χ1v) is 15.2. The van der Waals surface area contributed by atoms with Crippen LogP contribution in [0.1, 0.15) is 40.5 Å². The van der Waals surface area contributed by atoms with E-state index < -0.39 is 24.1 Å².